The van der Waals surface area contributed by atoms with Gasteiger partial charge in [0.1, 0.15) is 11.7 Å². The monoisotopic (exact) mass is 591 g/mol. The van der Waals surface area contributed by atoms with Gasteiger partial charge in [0.25, 0.3) is 11.8 Å². The molecule has 3 fully saturated rings. The van der Waals surface area contributed by atoms with Crippen LogP contribution in [0.15, 0.2) is 47.2 Å². The number of allylic oxidation sites excluding steroid dienone is 1. The lowest BCUT2D eigenvalue weighted by molar-refractivity contribution is -0.140. The summed E-state index contributed by atoms with van der Waals surface area (Å²) in [6, 6.07) is 2.58. The van der Waals surface area contributed by atoms with E-state index in [0.29, 0.717) is 13.0 Å². The maximum absolute atomic E-state index is 13.6. The molecule has 4 aliphatic rings. The Morgan fingerprint density at radius 1 is 1.09 bits per heavy atom. The standard InChI is InChI=1S/C30H41N9O4/c1-19-22-11-10-21(16-25(22)36-35-19)32-30(34-27(41)20-9-12-23(31-17-20)28(42)37(2)3)33-24-8-4-5-15-39(29(24)43)18-26(40)38-13-6-7-14-38/h9-12,16-17,19,22,24-25,35-36H,4-8,13-15,18H2,1-3H3,(H2,32,33,34,41). The first kappa shape index (κ1) is 30.4. The summed E-state index contributed by atoms with van der Waals surface area (Å²) in [6.45, 7) is 4.10. The van der Waals surface area contributed by atoms with E-state index >= 15 is 0 Å². The Morgan fingerprint density at radius 3 is 2.58 bits per heavy atom. The highest BCUT2D eigenvalue weighted by molar-refractivity contribution is 6.07. The van der Waals surface area contributed by atoms with Gasteiger partial charge in [0.2, 0.25) is 17.8 Å². The molecule has 0 bridgehead atoms. The van der Waals surface area contributed by atoms with Crippen LogP contribution in [0.5, 0.6) is 0 Å². The number of pyridine rings is 1. The van der Waals surface area contributed by atoms with Crippen LogP contribution in [0.1, 0.15) is 59.9 Å². The lowest BCUT2D eigenvalue weighted by Crippen LogP contribution is -2.46. The number of guanidine groups is 1. The first-order chi connectivity index (χ1) is 20.7. The average Bonchev–Trinajstić information content (AvgIpc) is 3.64. The minimum Gasteiger partial charge on any atom is -0.343 e. The molecule has 230 valence electrons. The summed E-state index contributed by atoms with van der Waals surface area (Å²) in [7, 11) is 3.26. The van der Waals surface area contributed by atoms with E-state index in [-0.39, 0.29) is 59.5 Å². The predicted octanol–water partition coefficient (Wildman–Crippen LogP) is 0.397. The van der Waals surface area contributed by atoms with E-state index in [1.807, 2.05) is 17.1 Å². The second kappa shape index (κ2) is 13.5. The van der Waals surface area contributed by atoms with Crippen molar-refractivity contribution in [3.05, 3.63) is 53.5 Å². The van der Waals surface area contributed by atoms with Crippen molar-refractivity contribution in [2.45, 2.75) is 57.2 Å². The third-order valence-corrected chi connectivity index (χ3v) is 8.29. The molecule has 4 N–H and O–H groups in total. The number of hydrazine groups is 1. The number of carbonyl (C=O) groups excluding carboxylic acids is 4. The SMILES string of the molecule is CC1NNC2C=C(NC(=NC3CCCCN(CC(=O)N4CCCC4)C3=O)NC(=O)c3ccc(C(=O)N(C)C)nc3)C=CC12. The zero-order valence-electron chi connectivity index (χ0n) is 25.0. The number of aromatic nitrogens is 1. The molecular formula is C30H41N9O4. The fraction of sp³-hybridized carbons (Fsp3) is 0.533. The smallest absolute Gasteiger partial charge is 0.271 e. The average molecular weight is 592 g/mol. The first-order valence-corrected chi connectivity index (χ1v) is 15.0. The summed E-state index contributed by atoms with van der Waals surface area (Å²) in [6.07, 6.45) is 11.4. The van der Waals surface area contributed by atoms with E-state index in [4.69, 9.17) is 4.99 Å². The van der Waals surface area contributed by atoms with Crippen LogP contribution in [0, 0.1) is 5.92 Å². The summed E-state index contributed by atoms with van der Waals surface area (Å²) in [4.78, 5) is 65.7. The Labute approximate surface area is 251 Å². The van der Waals surface area contributed by atoms with E-state index in [1.54, 1.807) is 19.0 Å². The van der Waals surface area contributed by atoms with Crippen molar-refractivity contribution in [1.29, 1.82) is 0 Å². The molecule has 4 unspecified atom stereocenters. The van der Waals surface area contributed by atoms with Gasteiger partial charge in [-0.1, -0.05) is 6.08 Å². The van der Waals surface area contributed by atoms with Gasteiger partial charge in [-0.2, -0.15) is 0 Å². The quantitative estimate of drug-likeness (QED) is 0.274. The fourth-order valence-corrected chi connectivity index (χ4v) is 5.76. The maximum atomic E-state index is 13.6. The van der Waals surface area contributed by atoms with Gasteiger partial charge in [0, 0.05) is 63.6 Å². The molecule has 0 saturated carbocycles. The second-order valence-electron chi connectivity index (χ2n) is 11.7. The van der Waals surface area contributed by atoms with Crippen molar-refractivity contribution in [3.8, 4) is 0 Å². The Kier molecular flexibility index (Phi) is 9.51. The number of nitrogens with zero attached hydrogens (tertiary/aromatic N) is 5. The highest BCUT2D eigenvalue weighted by Gasteiger charge is 2.33. The topological polar surface area (TPSA) is 151 Å². The molecule has 43 heavy (non-hydrogen) atoms. The molecule has 4 atom stereocenters. The number of amides is 4. The largest absolute Gasteiger partial charge is 0.343 e. The number of likely N-dealkylation sites (tertiary alicyclic amines) is 2. The van der Waals surface area contributed by atoms with Crippen LogP contribution in [0.4, 0.5) is 0 Å². The molecule has 3 saturated heterocycles. The zero-order valence-corrected chi connectivity index (χ0v) is 25.0. The summed E-state index contributed by atoms with van der Waals surface area (Å²) < 4.78 is 0. The highest BCUT2D eigenvalue weighted by Crippen LogP contribution is 2.23. The molecule has 4 amide bonds. The lowest BCUT2D eigenvalue weighted by Gasteiger charge is -2.26. The molecule has 1 aromatic heterocycles. The lowest BCUT2D eigenvalue weighted by atomic mass is 9.91. The van der Waals surface area contributed by atoms with Gasteiger partial charge in [-0.05, 0) is 63.3 Å². The zero-order chi connectivity index (χ0) is 30.5. The molecule has 3 aliphatic heterocycles. The number of carbonyl (C=O) groups is 4. The number of fused-ring (bicyclic) bond motifs is 1. The van der Waals surface area contributed by atoms with Crippen LogP contribution in [0.2, 0.25) is 0 Å². The van der Waals surface area contributed by atoms with E-state index in [0.717, 1.165) is 44.5 Å². The summed E-state index contributed by atoms with van der Waals surface area (Å²) in [5.41, 5.74) is 7.68. The minimum absolute atomic E-state index is 0.0372. The van der Waals surface area contributed by atoms with Crippen molar-refractivity contribution in [1.82, 2.24) is 41.2 Å². The Bertz CT molecular complexity index is 1320. The number of aliphatic imine (C=N–C) groups is 1. The second-order valence-corrected chi connectivity index (χ2v) is 11.7. The van der Waals surface area contributed by atoms with E-state index in [2.05, 4.69) is 39.5 Å². The van der Waals surface area contributed by atoms with Gasteiger partial charge in [-0.3, -0.25) is 34.9 Å². The van der Waals surface area contributed by atoms with Gasteiger partial charge in [-0.15, -0.1) is 0 Å². The van der Waals surface area contributed by atoms with Crippen LogP contribution in [-0.4, -0.2) is 108 Å². The minimum atomic E-state index is -0.762. The van der Waals surface area contributed by atoms with Gasteiger partial charge in [0.05, 0.1) is 12.1 Å². The summed E-state index contributed by atoms with van der Waals surface area (Å²) >= 11 is 0. The van der Waals surface area contributed by atoms with Crippen LogP contribution >= 0.6 is 0 Å². The van der Waals surface area contributed by atoms with Crippen LogP contribution in [0.25, 0.3) is 0 Å². The van der Waals surface area contributed by atoms with Crippen molar-refractivity contribution < 1.29 is 19.2 Å². The molecule has 1 aliphatic carbocycles. The van der Waals surface area contributed by atoms with Gasteiger partial charge in [-0.25, -0.2) is 10.4 Å². The molecule has 13 heteroatoms. The molecule has 4 heterocycles. The first-order valence-electron chi connectivity index (χ1n) is 15.0. The highest BCUT2D eigenvalue weighted by atomic mass is 16.2. The predicted molar refractivity (Wildman–Crippen MR) is 161 cm³/mol. The summed E-state index contributed by atoms with van der Waals surface area (Å²) in [5.74, 6) is -0.621. The third-order valence-electron chi connectivity index (χ3n) is 8.29. The Hall–Kier alpha value is -4.10. The van der Waals surface area contributed by atoms with Crippen LogP contribution in [-0.2, 0) is 9.59 Å². The van der Waals surface area contributed by atoms with E-state index in [9.17, 15) is 19.2 Å². The number of rotatable bonds is 6. The number of hydrogen-bond acceptors (Lipinski definition) is 8. The fourth-order valence-electron chi connectivity index (χ4n) is 5.76. The van der Waals surface area contributed by atoms with Crippen LogP contribution in [0.3, 0.4) is 0 Å². The molecule has 1 aromatic rings. The van der Waals surface area contributed by atoms with Crippen LogP contribution < -0.4 is 21.5 Å². The maximum Gasteiger partial charge on any atom is 0.271 e. The number of hydrogen-bond donors (Lipinski definition) is 4. The molecular weight excluding hydrogens is 550 g/mol. The molecule has 5 rings (SSSR count). The third kappa shape index (κ3) is 7.28. The van der Waals surface area contributed by atoms with Crippen molar-refractivity contribution in [3.63, 3.8) is 0 Å². The Balaban J connectivity index is 1.36. The molecule has 0 aromatic carbocycles. The van der Waals surface area contributed by atoms with Crippen molar-refractivity contribution in [2.75, 3.05) is 40.3 Å². The molecule has 0 spiro atoms. The van der Waals surface area contributed by atoms with Gasteiger partial charge in [0.15, 0.2) is 0 Å². The molecule has 0 radical (unpaired) electrons. The van der Waals surface area contributed by atoms with Gasteiger partial charge >= 0.3 is 0 Å². The van der Waals surface area contributed by atoms with Crippen molar-refractivity contribution in [2.24, 2.45) is 10.9 Å². The normalized spacial score (nSPS) is 25.6. The van der Waals surface area contributed by atoms with E-state index < -0.39 is 11.9 Å². The number of nitrogens with one attached hydrogen (secondary N) is 4. The Morgan fingerprint density at radius 2 is 1.86 bits per heavy atom. The molecule has 13 nitrogen and oxygen atoms in total. The van der Waals surface area contributed by atoms with Gasteiger partial charge < -0.3 is 20.0 Å². The summed E-state index contributed by atoms with van der Waals surface area (Å²) in [5, 5.41) is 6.03. The van der Waals surface area contributed by atoms with E-state index in [1.165, 1.54) is 23.2 Å². The van der Waals surface area contributed by atoms with Crippen molar-refractivity contribution >= 4 is 29.6 Å².